The maximum atomic E-state index is 12.9. The summed E-state index contributed by atoms with van der Waals surface area (Å²) in [6.07, 6.45) is 0. The highest BCUT2D eigenvalue weighted by Crippen LogP contribution is 2.18. The van der Waals surface area contributed by atoms with Crippen LogP contribution in [0.5, 0.6) is 0 Å². The van der Waals surface area contributed by atoms with Crippen molar-refractivity contribution in [3.63, 3.8) is 0 Å². The van der Waals surface area contributed by atoms with Crippen molar-refractivity contribution < 1.29 is 4.39 Å². The van der Waals surface area contributed by atoms with Crippen LogP contribution in [0.1, 0.15) is 11.4 Å². The zero-order valence-corrected chi connectivity index (χ0v) is 13.6. The zero-order chi connectivity index (χ0) is 16.8. The number of benzene rings is 2. The van der Waals surface area contributed by atoms with Crippen LogP contribution in [-0.4, -0.2) is 15.0 Å². The second kappa shape index (κ2) is 7.74. The van der Waals surface area contributed by atoms with Gasteiger partial charge in [-0.15, -0.1) is 11.8 Å². The molecule has 0 radical (unpaired) electrons. The SMILES string of the molecule is Nc1nc(CSCc2ccc(F)cc2)nc(Nc2ccccc2)n1. The summed E-state index contributed by atoms with van der Waals surface area (Å²) < 4.78 is 12.9. The predicted octanol–water partition coefficient (Wildman–Crippen LogP) is 3.77. The van der Waals surface area contributed by atoms with E-state index >= 15 is 0 Å². The van der Waals surface area contributed by atoms with Gasteiger partial charge in [0.05, 0.1) is 5.75 Å². The monoisotopic (exact) mass is 341 g/mol. The van der Waals surface area contributed by atoms with E-state index in [9.17, 15) is 4.39 Å². The molecule has 1 aromatic heterocycles. The third-order valence-electron chi connectivity index (χ3n) is 3.14. The minimum atomic E-state index is -0.231. The lowest BCUT2D eigenvalue weighted by Crippen LogP contribution is -2.06. The summed E-state index contributed by atoms with van der Waals surface area (Å²) in [7, 11) is 0. The second-order valence-electron chi connectivity index (χ2n) is 5.04. The molecule has 0 amide bonds. The number of nitrogens with two attached hydrogens (primary N) is 1. The van der Waals surface area contributed by atoms with Gasteiger partial charge in [-0.25, -0.2) is 4.39 Å². The van der Waals surface area contributed by atoms with E-state index in [4.69, 9.17) is 5.73 Å². The Bertz CT molecular complexity index is 796. The fourth-order valence-corrected chi connectivity index (χ4v) is 2.89. The molecule has 0 saturated heterocycles. The van der Waals surface area contributed by atoms with E-state index in [0.29, 0.717) is 17.5 Å². The average Bonchev–Trinajstić information content (AvgIpc) is 2.57. The number of hydrogen-bond acceptors (Lipinski definition) is 6. The molecule has 0 atom stereocenters. The van der Waals surface area contributed by atoms with E-state index in [2.05, 4.69) is 20.3 Å². The molecule has 3 aromatic rings. The highest BCUT2D eigenvalue weighted by molar-refractivity contribution is 7.97. The van der Waals surface area contributed by atoms with Crippen molar-refractivity contribution >= 4 is 29.3 Å². The van der Waals surface area contributed by atoms with Gasteiger partial charge in [-0.3, -0.25) is 0 Å². The number of para-hydroxylation sites is 1. The Labute approximate surface area is 143 Å². The van der Waals surface area contributed by atoms with Crippen LogP contribution in [0.25, 0.3) is 0 Å². The number of nitrogen functional groups attached to an aromatic ring is 1. The van der Waals surface area contributed by atoms with Gasteiger partial charge in [-0.05, 0) is 29.8 Å². The molecule has 0 aliphatic carbocycles. The summed E-state index contributed by atoms with van der Waals surface area (Å²) in [5.74, 6) is 2.31. The number of halogens is 1. The normalized spacial score (nSPS) is 10.5. The molecule has 24 heavy (non-hydrogen) atoms. The lowest BCUT2D eigenvalue weighted by Gasteiger charge is -2.07. The molecule has 0 unspecified atom stereocenters. The first-order valence-corrected chi connectivity index (χ1v) is 8.49. The van der Waals surface area contributed by atoms with Crippen LogP contribution in [-0.2, 0) is 11.5 Å². The number of nitrogens with one attached hydrogen (secondary N) is 1. The molecule has 122 valence electrons. The highest BCUT2D eigenvalue weighted by Gasteiger charge is 2.05. The van der Waals surface area contributed by atoms with E-state index in [0.717, 1.165) is 17.0 Å². The van der Waals surface area contributed by atoms with Crippen LogP contribution in [0.15, 0.2) is 54.6 Å². The maximum absolute atomic E-state index is 12.9. The van der Waals surface area contributed by atoms with E-state index in [1.54, 1.807) is 23.9 Å². The lowest BCUT2D eigenvalue weighted by molar-refractivity contribution is 0.627. The van der Waals surface area contributed by atoms with Crippen LogP contribution in [0.4, 0.5) is 22.0 Å². The standard InChI is InChI=1S/C17H16FN5S/c18-13-8-6-12(7-9-13)10-24-11-15-21-16(19)23-17(22-15)20-14-4-2-1-3-5-14/h1-9H,10-11H2,(H3,19,20,21,22,23). The number of aromatic nitrogens is 3. The zero-order valence-electron chi connectivity index (χ0n) is 12.8. The molecule has 0 aliphatic rings. The van der Waals surface area contributed by atoms with Crippen LogP contribution in [0.2, 0.25) is 0 Å². The number of rotatable bonds is 6. The van der Waals surface area contributed by atoms with Gasteiger partial charge < -0.3 is 11.1 Å². The van der Waals surface area contributed by atoms with Crippen LogP contribution < -0.4 is 11.1 Å². The summed E-state index contributed by atoms with van der Waals surface area (Å²) in [5, 5.41) is 3.11. The highest BCUT2D eigenvalue weighted by atomic mass is 32.2. The van der Waals surface area contributed by atoms with Crippen molar-refractivity contribution in [2.24, 2.45) is 0 Å². The molecule has 1 heterocycles. The van der Waals surface area contributed by atoms with E-state index in [-0.39, 0.29) is 11.8 Å². The van der Waals surface area contributed by atoms with Crippen LogP contribution >= 0.6 is 11.8 Å². The van der Waals surface area contributed by atoms with Gasteiger partial charge in [0.15, 0.2) is 0 Å². The fraction of sp³-hybridized carbons (Fsp3) is 0.118. The molecular formula is C17H16FN5S. The van der Waals surface area contributed by atoms with E-state index in [1.165, 1.54) is 12.1 Å². The Morgan fingerprint density at radius 3 is 2.42 bits per heavy atom. The fourth-order valence-electron chi connectivity index (χ4n) is 2.05. The van der Waals surface area contributed by atoms with Crippen molar-refractivity contribution in [2.75, 3.05) is 11.1 Å². The Morgan fingerprint density at radius 2 is 1.67 bits per heavy atom. The molecule has 0 saturated carbocycles. The third kappa shape index (κ3) is 4.66. The van der Waals surface area contributed by atoms with Crippen molar-refractivity contribution in [2.45, 2.75) is 11.5 Å². The van der Waals surface area contributed by atoms with Crippen molar-refractivity contribution in [1.29, 1.82) is 0 Å². The largest absolute Gasteiger partial charge is 0.368 e. The van der Waals surface area contributed by atoms with Gasteiger partial charge in [0, 0.05) is 11.4 Å². The van der Waals surface area contributed by atoms with E-state index < -0.39 is 0 Å². The summed E-state index contributed by atoms with van der Waals surface area (Å²) in [5.41, 5.74) is 7.69. The van der Waals surface area contributed by atoms with Crippen molar-refractivity contribution in [1.82, 2.24) is 15.0 Å². The number of hydrogen-bond donors (Lipinski definition) is 2. The molecular weight excluding hydrogens is 325 g/mol. The Balaban J connectivity index is 1.62. The van der Waals surface area contributed by atoms with Gasteiger partial charge >= 0.3 is 0 Å². The quantitative estimate of drug-likeness (QED) is 0.711. The number of nitrogens with zero attached hydrogens (tertiary/aromatic N) is 3. The molecule has 7 heteroatoms. The summed E-state index contributed by atoms with van der Waals surface area (Å²) >= 11 is 1.63. The van der Waals surface area contributed by atoms with Crippen LogP contribution in [0.3, 0.4) is 0 Å². The van der Waals surface area contributed by atoms with E-state index in [1.807, 2.05) is 30.3 Å². The number of thioether (sulfide) groups is 1. The predicted molar refractivity (Wildman–Crippen MR) is 95.4 cm³/mol. The molecule has 2 aromatic carbocycles. The molecule has 0 aliphatic heterocycles. The Hall–Kier alpha value is -2.67. The molecule has 0 fully saturated rings. The second-order valence-corrected chi connectivity index (χ2v) is 6.03. The lowest BCUT2D eigenvalue weighted by atomic mass is 10.2. The topological polar surface area (TPSA) is 76.7 Å². The summed E-state index contributed by atoms with van der Waals surface area (Å²) in [4.78, 5) is 12.6. The first-order chi connectivity index (χ1) is 11.7. The Kier molecular flexibility index (Phi) is 5.22. The van der Waals surface area contributed by atoms with Crippen molar-refractivity contribution in [3.8, 4) is 0 Å². The third-order valence-corrected chi connectivity index (χ3v) is 4.14. The Morgan fingerprint density at radius 1 is 0.917 bits per heavy atom. The molecule has 3 rings (SSSR count). The number of anilines is 3. The first kappa shape index (κ1) is 16.2. The van der Waals surface area contributed by atoms with Crippen LogP contribution in [0, 0.1) is 5.82 Å². The van der Waals surface area contributed by atoms with Gasteiger partial charge in [-0.2, -0.15) is 15.0 Å². The van der Waals surface area contributed by atoms with Crippen molar-refractivity contribution in [3.05, 3.63) is 71.8 Å². The summed E-state index contributed by atoms with van der Waals surface area (Å²) in [6.45, 7) is 0. The molecule has 5 nitrogen and oxygen atoms in total. The molecule has 0 bridgehead atoms. The minimum Gasteiger partial charge on any atom is -0.368 e. The molecule has 0 spiro atoms. The van der Waals surface area contributed by atoms with Gasteiger partial charge in [-0.1, -0.05) is 30.3 Å². The average molecular weight is 341 g/mol. The smallest absolute Gasteiger partial charge is 0.232 e. The molecule has 3 N–H and O–H groups in total. The minimum absolute atomic E-state index is 0.181. The van der Waals surface area contributed by atoms with Gasteiger partial charge in [0.2, 0.25) is 11.9 Å². The first-order valence-electron chi connectivity index (χ1n) is 7.34. The van der Waals surface area contributed by atoms with Gasteiger partial charge in [0.1, 0.15) is 11.6 Å². The summed E-state index contributed by atoms with van der Waals surface area (Å²) in [6, 6.07) is 16.1. The maximum Gasteiger partial charge on any atom is 0.232 e. The van der Waals surface area contributed by atoms with Gasteiger partial charge in [0.25, 0.3) is 0 Å².